The molecule has 0 aliphatic carbocycles. The summed E-state index contributed by atoms with van der Waals surface area (Å²) < 4.78 is 2.42. The van der Waals surface area contributed by atoms with Gasteiger partial charge in [0, 0.05) is 50.6 Å². The molecule has 4 heteroatoms. The van der Waals surface area contributed by atoms with Crippen LogP contribution in [-0.4, -0.2) is 19.4 Å². The Morgan fingerprint density at radius 1 is 0.583 bits per heavy atom. The van der Waals surface area contributed by atoms with E-state index in [1.54, 1.807) is 0 Å². The van der Waals surface area contributed by atoms with E-state index in [1.807, 2.05) is 37.5 Å². The van der Waals surface area contributed by atoms with Crippen molar-refractivity contribution in [1.82, 2.24) is 19.4 Å². The predicted molar refractivity (Wildman–Crippen MR) is 148 cm³/mol. The van der Waals surface area contributed by atoms with Gasteiger partial charge in [-0.3, -0.25) is 4.98 Å². The van der Waals surface area contributed by atoms with Gasteiger partial charge in [0.05, 0.1) is 22.2 Å². The number of para-hydroxylation sites is 1. The summed E-state index contributed by atoms with van der Waals surface area (Å²) in [7, 11) is 0. The monoisotopic (exact) mass is 460 g/mol. The van der Waals surface area contributed by atoms with Crippen molar-refractivity contribution in [2.75, 3.05) is 0 Å². The summed E-state index contributed by atoms with van der Waals surface area (Å²) in [5.41, 5.74) is 9.90. The largest absolute Gasteiger partial charge is 0.308 e. The number of rotatable bonds is 2. The van der Waals surface area contributed by atoms with Crippen LogP contribution in [0.15, 0.2) is 103 Å². The first-order valence-electron chi connectivity index (χ1n) is 12.1. The van der Waals surface area contributed by atoms with E-state index in [1.165, 1.54) is 43.7 Å². The van der Waals surface area contributed by atoms with Crippen molar-refractivity contribution in [1.29, 1.82) is 0 Å². The molecule has 8 rings (SSSR count). The van der Waals surface area contributed by atoms with Gasteiger partial charge in [-0.1, -0.05) is 30.3 Å². The van der Waals surface area contributed by atoms with Crippen molar-refractivity contribution in [2.45, 2.75) is 6.92 Å². The van der Waals surface area contributed by atoms with Gasteiger partial charge in [0.15, 0.2) is 5.65 Å². The molecule has 4 nitrogen and oxygen atoms in total. The van der Waals surface area contributed by atoms with E-state index in [0.717, 1.165) is 33.5 Å². The Morgan fingerprint density at radius 2 is 1.33 bits per heavy atom. The van der Waals surface area contributed by atoms with Crippen molar-refractivity contribution in [3.63, 3.8) is 0 Å². The number of nitrogens with zero attached hydrogens (tertiary/aromatic N) is 4. The maximum Gasteiger partial charge on any atom is 0.159 e. The highest BCUT2D eigenvalue weighted by Crippen LogP contribution is 2.43. The fourth-order valence-corrected chi connectivity index (χ4v) is 5.77. The molecule has 0 fully saturated rings. The average Bonchev–Trinajstić information content (AvgIpc) is 3.44. The summed E-state index contributed by atoms with van der Waals surface area (Å²) in [6, 6.07) is 32.4. The van der Waals surface area contributed by atoms with Crippen molar-refractivity contribution in [2.24, 2.45) is 0 Å². The maximum atomic E-state index is 4.68. The Kier molecular flexibility index (Phi) is 3.84. The van der Waals surface area contributed by atoms with E-state index in [2.05, 4.69) is 92.1 Å². The van der Waals surface area contributed by atoms with Gasteiger partial charge in [0.25, 0.3) is 0 Å². The molecule has 0 N–H and O–H groups in total. The van der Waals surface area contributed by atoms with Gasteiger partial charge in [-0.05, 0) is 78.7 Å². The van der Waals surface area contributed by atoms with Crippen LogP contribution < -0.4 is 0 Å². The molecular weight excluding hydrogens is 440 g/mol. The minimum Gasteiger partial charge on any atom is -0.308 e. The summed E-state index contributed by atoms with van der Waals surface area (Å²) in [5.74, 6) is 0. The topological polar surface area (TPSA) is 43.1 Å². The van der Waals surface area contributed by atoms with E-state index in [4.69, 9.17) is 0 Å². The van der Waals surface area contributed by atoms with Crippen molar-refractivity contribution in [3.05, 3.63) is 109 Å². The SMILES string of the molecule is Cc1cc(-c2cc3c4ccccc4n4c5ccc(-c6ccccn6)cc5c(c2)c34)c2cccnc2n1. The lowest BCUT2D eigenvalue weighted by molar-refractivity contribution is 1.20. The molecule has 0 aliphatic rings. The van der Waals surface area contributed by atoms with Gasteiger partial charge in [-0.15, -0.1) is 0 Å². The van der Waals surface area contributed by atoms with Crippen LogP contribution in [0.5, 0.6) is 0 Å². The van der Waals surface area contributed by atoms with E-state index in [9.17, 15) is 0 Å². The maximum absolute atomic E-state index is 4.68. The average molecular weight is 461 g/mol. The second-order valence-corrected chi connectivity index (χ2v) is 9.41. The highest BCUT2D eigenvalue weighted by atomic mass is 14.9. The third-order valence-electron chi connectivity index (χ3n) is 7.28. The molecule has 0 bridgehead atoms. The molecule has 0 amide bonds. The Balaban J connectivity index is 1.54. The molecule has 5 heterocycles. The molecule has 8 aromatic rings. The first kappa shape index (κ1) is 19.5. The standard InChI is InChI=1S/C32H20N4/c1-19-15-24(23-8-6-14-34-32(23)35-19)21-17-26-22-7-2-3-10-29(22)36-30-12-11-20(28-9-4-5-13-33-28)16-25(30)27(18-21)31(26)36/h2-18H,1H3. The van der Waals surface area contributed by atoms with Crippen LogP contribution in [-0.2, 0) is 0 Å². The van der Waals surface area contributed by atoms with Crippen LogP contribution in [0.25, 0.3) is 71.5 Å². The minimum absolute atomic E-state index is 0.782. The van der Waals surface area contributed by atoms with Gasteiger partial charge in [-0.2, -0.15) is 0 Å². The van der Waals surface area contributed by atoms with Crippen LogP contribution in [0, 0.1) is 6.92 Å². The highest BCUT2D eigenvalue weighted by molar-refractivity contribution is 6.25. The zero-order chi connectivity index (χ0) is 23.8. The smallest absolute Gasteiger partial charge is 0.159 e. The van der Waals surface area contributed by atoms with Crippen LogP contribution in [0.3, 0.4) is 0 Å². The third-order valence-corrected chi connectivity index (χ3v) is 7.28. The summed E-state index contributed by atoms with van der Waals surface area (Å²) in [6.45, 7) is 2.04. The normalized spacial score (nSPS) is 12.0. The number of hydrogen-bond donors (Lipinski definition) is 0. The molecule has 5 aromatic heterocycles. The lowest BCUT2D eigenvalue weighted by Crippen LogP contribution is -1.90. The number of pyridine rings is 3. The Morgan fingerprint density at radius 3 is 2.22 bits per heavy atom. The van der Waals surface area contributed by atoms with Gasteiger partial charge < -0.3 is 4.40 Å². The molecule has 168 valence electrons. The van der Waals surface area contributed by atoms with E-state index in [0.29, 0.717) is 0 Å². The lowest BCUT2D eigenvalue weighted by atomic mass is 9.96. The zero-order valence-electron chi connectivity index (χ0n) is 19.6. The van der Waals surface area contributed by atoms with E-state index >= 15 is 0 Å². The first-order valence-corrected chi connectivity index (χ1v) is 12.1. The number of aryl methyl sites for hydroxylation is 1. The minimum atomic E-state index is 0.782. The van der Waals surface area contributed by atoms with Crippen LogP contribution in [0.4, 0.5) is 0 Å². The molecule has 0 saturated carbocycles. The molecule has 0 atom stereocenters. The second kappa shape index (κ2) is 7.09. The Labute approximate surface area is 206 Å². The number of hydrogen-bond acceptors (Lipinski definition) is 3. The molecule has 36 heavy (non-hydrogen) atoms. The van der Waals surface area contributed by atoms with Crippen molar-refractivity contribution in [3.8, 4) is 22.4 Å². The van der Waals surface area contributed by atoms with Gasteiger partial charge in [-0.25, -0.2) is 9.97 Å². The summed E-state index contributed by atoms with van der Waals surface area (Å²) >= 11 is 0. The van der Waals surface area contributed by atoms with Crippen molar-refractivity contribution >= 4 is 49.1 Å². The Hall–Kier alpha value is -4.83. The third kappa shape index (κ3) is 2.61. The zero-order valence-corrected chi connectivity index (χ0v) is 19.6. The number of benzene rings is 3. The van der Waals surface area contributed by atoms with E-state index < -0.39 is 0 Å². The number of fused-ring (bicyclic) bond motifs is 7. The summed E-state index contributed by atoms with van der Waals surface area (Å²) in [4.78, 5) is 13.8. The molecule has 0 saturated heterocycles. The fourth-order valence-electron chi connectivity index (χ4n) is 5.77. The highest BCUT2D eigenvalue weighted by Gasteiger charge is 2.20. The van der Waals surface area contributed by atoms with Crippen LogP contribution in [0.2, 0.25) is 0 Å². The predicted octanol–water partition coefficient (Wildman–Crippen LogP) is 7.82. The second-order valence-electron chi connectivity index (χ2n) is 9.41. The lowest BCUT2D eigenvalue weighted by Gasteiger charge is -2.09. The Bertz CT molecular complexity index is 2110. The van der Waals surface area contributed by atoms with Gasteiger partial charge in [0.1, 0.15) is 0 Å². The molecule has 0 radical (unpaired) electrons. The van der Waals surface area contributed by atoms with Gasteiger partial charge >= 0.3 is 0 Å². The molecule has 0 unspecified atom stereocenters. The summed E-state index contributed by atoms with van der Waals surface area (Å²) in [6.07, 6.45) is 3.66. The number of aromatic nitrogens is 4. The first-order chi connectivity index (χ1) is 17.8. The van der Waals surface area contributed by atoms with Crippen LogP contribution >= 0.6 is 0 Å². The van der Waals surface area contributed by atoms with Crippen LogP contribution in [0.1, 0.15) is 5.69 Å². The molecular formula is C32H20N4. The molecule has 0 spiro atoms. The molecule has 3 aromatic carbocycles. The fraction of sp³-hybridized carbons (Fsp3) is 0.0312. The van der Waals surface area contributed by atoms with Gasteiger partial charge in [0.2, 0.25) is 0 Å². The van der Waals surface area contributed by atoms with Crippen molar-refractivity contribution < 1.29 is 0 Å². The van der Waals surface area contributed by atoms with E-state index in [-0.39, 0.29) is 0 Å². The molecule has 0 aliphatic heterocycles. The quantitative estimate of drug-likeness (QED) is 0.264. The summed E-state index contributed by atoms with van der Waals surface area (Å²) in [5, 5.41) is 6.08.